The Labute approximate surface area is 190 Å². The molecule has 0 radical (unpaired) electrons. The van der Waals surface area contributed by atoms with Gasteiger partial charge in [-0.3, -0.25) is 4.90 Å². The lowest BCUT2D eigenvalue weighted by Gasteiger charge is -2.27. The van der Waals surface area contributed by atoms with Crippen LogP contribution in [0.3, 0.4) is 0 Å². The summed E-state index contributed by atoms with van der Waals surface area (Å²) in [5.74, 6) is 0. The van der Waals surface area contributed by atoms with Crippen LogP contribution in [0.25, 0.3) is 28.1 Å². The van der Waals surface area contributed by atoms with E-state index in [-0.39, 0.29) is 0 Å². The number of nitrogens with one attached hydrogen (secondary N) is 1. The molecule has 3 heterocycles. The van der Waals surface area contributed by atoms with E-state index in [0.29, 0.717) is 0 Å². The molecule has 5 rings (SSSR count). The van der Waals surface area contributed by atoms with Gasteiger partial charge in [0.05, 0.1) is 11.4 Å². The number of aromatic nitrogens is 2. The molecule has 2 aromatic carbocycles. The molecule has 0 saturated heterocycles. The van der Waals surface area contributed by atoms with Crippen molar-refractivity contribution in [3.63, 3.8) is 0 Å². The average molecular weight is 420 g/mol. The van der Waals surface area contributed by atoms with Crippen molar-refractivity contribution < 1.29 is 0 Å². The summed E-state index contributed by atoms with van der Waals surface area (Å²) in [6.45, 7) is 7.30. The van der Waals surface area contributed by atoms with E-state index < -0.39 is 0 Å². The van der Waals surface area contributed by atoms with Crippen molar-refractivity contribution in [2.75, 3.05) is 13.1 Å². The van der Waals surface area contributed by atoms with Gasteiger partial charge in [-0.15, -0.1) is 0 Å². The molecule has 160 valence electrons. The SMILES string of the molecule is Cc1cc(-c2cccc(-c3ccc(C4=CCCN(Cc5ccccc5)C4)cc3)n2)c(C)[nH]1. The first-order chi connectivity index (χ1) is 15.7. The van der Waals surface area contributed by atoms with Gasteiger partial charge in [0.1, 0.15) is 0 Å². The largest absolute Gasteiger partial charge is 0.362 e. The first-order valence-electron chi connectivity index (χ1n) is 11.4. The molecule has 0 unspecified atom stereocenters. The highest BCUT2D eigenvalue weighted by molar-refractivity contribution is 5.72. The fourth-order valence-electron chi connectivity index (χ4n) is 4.58. The number of hydrogen-bond donors (Lipinski definition) is 1. The second-order valence-corrected chi connectivity index (χ2v) is 8.69. The van der Waals surface area contributed by atoms with Crippen LogP contribution in [0.4, 0.5) is 0 Å². The summed E-state index contributed by atoms with van der Waals surface area (Å²) < 4.78 is 0. The summed E-state index contributed by atoms with van der Waals surface area (Å²) in [7, 11) is 0. The Kier molecular flexibility index (Phi) is 5.74. The van der Waals surface area contributed by atoms with Crippen LogP contribution in [-0.4, -0.2) is 28.0 Å². The van der Waals surface area contributed by atoms with E-state index >= 15 is 0 Å². The molecular weight excluding hydrogens is 390 g/mol. The number of nitrogens with zero attached hydrogens (tertiary/aromatic N) is 2. The molecule has 0 aliphatic carbocycles. The van der Waals surface area contributed by atoms with E-state index in [1.807, 2.05) is 0 Å². The van der Waals surface area contributed by atoms with E-state index in [2.05, 4.69) is 109 Å². The molecule has 32 heavy (non-hydrogen) atoms. The zero-order chi connectivity index (χ0) is 21.9. The zero-order valence-corrected chi connectivity index (χ0v) is 18.8. The second kappa shape index (κ2) is 8.97. The lowest BCUT2D eigenvalue weighted by molar-refractivity contribution is 0.296. The van der Waals surface area contributed by atoms with Gasteiger partial charge in [-0.25, -0.2) is 4.98 Å². The molecule has 1 aliphatic rings. The minimum Gasteiger partial charge on any atom is -0.362 e. The fraction of sp³-hybridized carbons (Fsp3) is 0.207. The number of H-pyrrole nitrogens is 1. The Morgan fingerprint density at radius 3 is 2.34 bits per heavy atom. The summed E-state index contributed by atoms with van der Waals surface area (Å²) in [4.78, 5) is 10.9. The van der Waals surface area contributed by atoms with Crippen LogP contribution in [0.15, 0.2) is 84.9 Å². The highest BCUT2D eigenvalue weighted by Crippen LogP contribution is 2.28. The van der Waals surface area contributed by atoms with Gasteiger partial charge in [-0.1, -0.05) is 66.7 Å². The smallest absolute Gasteiger partial charge is 0.0727 e. The molecule has 1 N–H and O–H groups in total. The average Bonchev–Trinajstić information content (AvgIpc) is 3.18. The highest BCUT2D eigenvalue weighted by Gasteiger charge is 2.15. The van der Waals surface area contributed by atoms with Gasteiger partial charge in [-0.2, -0.15) is 0 Å². The van der Waals surface area contributed by atoms with Crippen molar-refractivity contribution >= 4 is 5.57 Å². The van der Waals surface area contributed by atoms with Crippen LogP contribution in [0.5, 0.6) is 0 Å². The first kappa shape index (κ1) is 20.5. The van der Waals surface area contributed by atoms with E-state index in [1.165, 1.54) is 22.3 Å². The minimum absolute atomic E-state index is 0.994. The lowest BCUT2D eigenvalue weighted by Crippen LogP contribution is -2.29. The van der Waals surface area contributed by atoms with Crippen LogP contribution in [0, 0.1) is 13.8 Å². The first-order valence-corrected chi connectivity index (χ1v) is 11.4. The zero-order valence-electron chi connectivity index (χ0n) is 18.8. The maximum Gasteiger partial charge on any atom is 0.0727 e. The second-order valence-electron chi connectivity index (χ2n) is 8.69. The number of benzene rings is 2. The summed E-state index contributed by atoms with van der Waals surface area (Å²) >= 11 is 0. The number of hydrogen-bond acceptors (Lipinski definition) is 2. The molecule has 0 atom stereocenters. The number of aromatic amines is 1. The topological polar surface area (TPSA) is 31.9 Å². The lowest BCUT2D eigenvalue weighted by atomic mass is 9.98. The van der Waals surface area contributed by atoms with Crippen LogP contribution in [-0.2, 0) is 6.54 Å². The predicted molar refractivity (Wildman–Crippen MR) is 133 cm³/mol. The van der Waals surface area contributed by atoms with Gasteiger partial charge in [0.15, 0.2) is 0 Å². The van der Waals surface area contributed by atoms with Crippen molar-refractivity contribution in [3.8, 4) is 22.5 Å². The molecule has 0 bridgehead atoms. The predicted octanol–water partition coefficient (Wildman–Crippen LogP) is 6.65. The Hall–Kier alpha value is -3.43. The van der Waals surface area contributed by atoms with Crippen LogP contribution in [0.1, 0.15) is 28.9 Å². The van der Waals surface area contributed by atoms with Gasteiger partial charge < -0.3 is 4.98 Å². The van der Waals surface area contributed by atoms with Gasteiger partial charge >= 0.3 is 0 Å². The molecule has 3 nitrogen and oxygen atoms in total. The molecule has 1 aliphatic heterocycles. The van der Waals surface area contributed by atoms with Crippen molar-refractivity contribution in [1.29, 1.82) is 0 Å². The molecule has 2 aromatic heterocycles. The maximum absolute atomic E-state index is 4.95. The molecule has 0 amide bonds. The molecule has 4 aromatic rings. The normalized spacial score (nSPS) is 14.4. The Bertz CT molecular complexity index is 1230. The van der Waals surface area contributed by atoms with E-state index in [0.717, 1.165) is 54.4 Å². The number of rotatable bonds is 5. The quantitative estimate of drug-likeness (QED) is 0.393. The van der Waals surface area contributed by atoms with E-state index in [4.69, 9.17) is 4.98 Å². The summed E-state index contributed by atoms with van der Waals surface area (Å²) in [6, 6.07) is 28.1. The van der Waals surface area contributed by atoms with Gasteiger partial charge in [0, 0.05) is 42.1 Å². The van der Waals surface area contributed by atoms with Crippen molar-refractivity contribution in [2.45, 2.75) is 26.8 Å². The van der Waals surface area contributed by atoms with Gasteiger partial charge in [-0.05, 0) is 55.2 Å². The van der Waals surface area contributed by atoms with Crippen LogP contribution >= 0.6 is 0 Å². The molecular formula is C29H29N3. The molecule has 0 spiro atoms. The Balaban J connectivity index is 1.33. The van der Waals surface area contributed by atoms with Crippen molar-refractivity contribution in [1.82, 2.24) is 14.9 Å². The summed E-state index contributed by atoms with van der Waals surface area (Å²) in [5.41, 5.74) is 10.8. The summed E-state index contributed by atoms with van der Waals surface area (Å²) in [5, 5.41) is 0. The van der Waals surface area contributed by atoms with E-state index in [1.54, 1.807) is 0 Å². The van der Waals surface area contributed by atoms with Gasteiger partial charge in [0.25, 0.3) is 0 Å². The monoisotopic (exact) mass is 419 g/mol. The molecule has 0 saturated carbocycles. The van der Waals surface area contributed by atoms with Crippen molar-refractivity contribution in [3.05, 3.63) is 107 Å². The molecule has 3 heteroatoms. The minimum atomic E-state index is 0.994. The number of aryl methyl sites for hydroxylation is 2. The Morgan fingerprint density at radius 1 is 0.844 bits per heavy atom. The maximum atomic E-state index is 4.95. The fourth-order valence-corrected chi connectivity index (χ4v) is 4.58. The summed E-state index contributed by atoms with van der Waals surface area (Å²) in [6.07, 6.45) is 3.50. The molecule has 0 fully saturated rings. The van der Waals surface area contributed by atoms with Crippen LogP contribution < -0.4 is 0 Å². The van der Waals surface area contributed by atoms with Crippen LogP contribution in [0.2, 0.25) is 0 Å². The standard InChI is InChI=1S/C29H29N3/c1-21-18-27(22(2)30-21)29-12-6-11-28(31-29)25-15-13-24(14-16-25)26-10-7-17-32(20-26)19-23-8-4-3-5-9-23/h3-6,8-16,18,30H,7,17,19-20H2,1-2H3. The van der Waals surface area contributed by atoms with E-state index in [9.17, 15) is 0 Å². The van der Waals surface area contributed by atoms with Crippen molar-refractivity contribution in [2.24, 2.45) is 0 Å². The third-order valence-corrected chi connectivity index (χ3v) is 6.21. The highest BCUT2D eigenvalue weighted by atomic mass is 15.1. The Morgan fingerprint density at radius 2 is 1.59 bits per heavy atom. The third kappa shape index (κ3) is 4.44. The third-order valence-electron chi connectivity index (χ3n) is 6.21. The van der Waals surface area contributed by atoms with Gasteiger partial charge in [0.2, 0.25) is 0 Å². The number of pyridine rings is 1.